The Balaban J connectivity index is 1.35. The van der Waals surface area contributed by atoms with Crippen LogP contribution >= 0.6 is 11.6 Å². The quantitative estimate of drug-likeness (QED) is 0.873. The normalized spacial score (nSPS) is 20.9. The number of rotatable bonds is 2. The molecule has 24 heavy (non-hydrogen) atoms. The number of carbonyl (C=O) groups is 1. The van der Waals surface area contributed by atoms with E-state index in [4.69, 9.17) is 11.6 Å². The van der Waals surface area contributed by atoms with E-state index in [1.807, 2.05) is 29.2 Å². The van der Waals surface area contributed by atoms with Crippen LogP contribution in [0.4, 0.5) is 4.79 Å². The van der Waals surface area contributed by atoms with Gasteiger partial charge in [0.15, 0.2) is 0 Å². The lowest BCUT2D eigenvalue weighted by Gasteiger charge is -2.32. The molecule has 4 rings (SSSR count). The molecule has 0 spiro atoms. The van der Waals surface area contributed by atoms with Gasteiger partial charge in [0.25, 0.3) is 0 Å². The number of nitrogens with zero attached hydrogens (tertiary/aromatic N) is 2. The van der Waals surface area contributed by atoms with Crippen LogP contribution in [0.25, 0.3) is 0 Å². The Morgan fingerprint density at radius 3 is 2.83 bits per heavy atom. The fraction of sp³-hybridized carbons (Fsp3) is 0.444. The number of urea groups is 1. The third kappa shape index (κ3) is 3.00. The SMILES string of the molecule is O=C(N[C@@H]1CCc2cc(Cl)ccc21)N1CCC(c2ccn[nH]2)CC1. The number of halogens is 1. The van der Waals surface area contributed by atoms with E-state index in [1.165, 1.54) is 16.8 Å². The summed E-state index contributed by atoms with van der Waals surface area (Å²) in [7, 11) is 0. The molecule has 1 fully saturated rings. The topological polar surface area (TPSA) is 61.0 Å². The van der Waals surface area contributed by atoms with Gasteiger partial charge in [-0.15, -0.1) is 0 Å². The van der Waals surface area contributed by atoms with Crippen molar-refractivity contribution in [2.45, 2.75) is 37.6 Å². The number of aromatic nitrogens is 2. The van der Waals surface area contributed by atoms with Crippen molar-refractivity contribution in [3.8, 4) is 0 Å². The number of aromatic amines is 1. The number of hydrogen-bond donors (Lipinski definition) is 2. The smallest absolute Gasteiger partial charge is 0.317 e. The van der Waals surface area contributed by atoms with Gasteiger partial charge in [-0.1, -0.05) is 17.7 Å². The third-order valence-corrected chi connectivity index (χ3v) is 5.46. The molecule has 2 heterocycles. The van der Waals surface area contributed by atoms with Crippen LogP contribution in [0.2, 0.25) is 5.02 Å². The van der Waals surface area contributed by atoms with Crippen LogP contribution in [0.1, 0.15) is 48.0 Å². The van der Waals surface area contributed by atoms with Crippen LogP contribution in [0.15, 0.2) is 30.5 Å². The number of carbonyl (C=O) groups excluding carboxylic acids is 1. The maximum absolute atomic E-state index is 12.6. The summed E-state index contributed by atoms with van der Waals surface area (Å²) in [5, 5.41) is 11.0. The minimum absolute atomic E-state index is 0.0471. The zero-order chi connectivity index (χ0) is 16.5. The van der Waals surface area contributed by atoms with Gasteiger partial charge in [-0.3, -0.25) is 5.10 Å². The van der Waals surface area contributed by atoms with E-state index in [1.54, 1.807) is 6.20 Å². The molecule has 1 atom stereocenters. The first-order chi connectivity index (χ1) is 11.7. The number of benzene rings is 1. The maximum Gasteiger partial charge on any atom is 0.317 e. The lowest BCUT2D eigenvalue weighted by atomic mass is 9.94. The average Bonchev–Trinajstić information content (AvgIpc) is 3.25. The Hall–Kier alpha value is -2.01. The third-order valence-electron chi connectivity index (χ3n) is 5.22. The first kappa shape index (κ1) is 15.5. The summed E-state index contributed by atoms with van der Waals surface area (Å²) in [5.41, 5.74) is 3.64. The monoisotopic (exact) mass is 344 g/mol. The van der Waals surface area contributed by atoms with E-state index >= 15 is 0 Å². The second-order valence-corrected chi connectivity index (χ2v) is 7.09. The van der Waals surface area contributed by atoms with Crippen molar-refractivity contribution in [1.29, 1.82) is 0 Å². The van der Waals surface area contributed by atoms with Crippen molar-refractivity contribution >= 4 is 17.6 Å². The number of fused-ring (bicyclic) bond motifs is 1. The summed E-state index contributed by atoms with van der Waals surface area (Å²) in [4.78, 5) is 14.5. The van der Waals surface area contributed by atoms with Crippen LogP contribution in [0.3, 0.4) is 0 Å². The molecule has 6 heteroatoms. The molecule has 2 aliphatic rings. The second-order valence-electron chi connectivity index (χ2n) is 6.66. The molecule has 1 saturated heterocycles. The molecule has 2 aromatic rings. The second kappa shape index (κ2) is 6.48. The van der Waals surface area contributed by atoms with Crippen LogP contribution < -0.4 is 5.32 Å². The predicted octanol–water partition coefficient (Wildman–Crippen LogP) is 3.64. The van der Waals surface area contributed by atoms with Gasteiger partial charge in [-0.2, -0.15) is 5.10 Å². The van der Waals surface area contributed by atoms with Gasteiger partial charge in [0, 0.05) is 35.9 Å². The average molecular weight is 345 g/mol. The highest BCUT2D eigenvalue weighted by Crippen LogP contribution is 2.33. The molecule has 2 N–H and O–H groups in total. The van der Waals surface area contributed by atoms with Gasteiger partial charge in [-0.05, 0) is 55.0 Å². The number of H-pyrrole nitrogens is 1. The Kier molecular flexibility index (Phi) is 4.19. The zero-order valence-electron chi connectivity index (χ0n) is 13.5. The van der Waals surface area contributed by atoms with Crippen molar-refractivity contribution in [3.63, 3.8) is 0 Å². The van der Waals surface area contributed by atoms with Crippen molar-refractivity contribution in [1.82, 2.24) is 20.4 Å². The van der Waals surface area contributed by atoms with Crippen LogP contribution in [0.5, 0.6) is 0 Å². The van der Waals surface area contributed by atoms with Gasteiger partial charge >= 0.3 is 6.03 Å². The predicted molar refractivity (Wildman–Crippen MR) is 93.2 cm³/mol. The Morgan fingerprint density at radius 1 is 1.25 bits per heavy atom. The standard InChI is InChI=1S/C18H21ClN4O/c19-14-2-3-15-13(11-14)1-4-17(15)21-18(24)23-9-6-12(7-10-23)16-5-8-20-22-16/h2-3,5,8,11-12,17H,1,4,6-7,9-10H2,(H,20,22)(H,21,24)/t17-/m1/s1. The van der Waals surface area contributed by atoms with Gasteiger partial charge in [0.1, 0.15) is 0 Å². The summed E-state index contributed by atoms with van der Waals surface area (Å²) >= 11 is 6.05. The molecular formula is C18H21ClN4O. The Bertz CT molecular complexity index is 723. The minimum Gasteiger partial charge on any atom is -0.331 e. The number of hydrogen-bond acceptors (Lipinski definition) is 2. The summed E-state index contributed by atoms with van der Waals surface area (Å²) < 4.78 is 0. The molecule has 1 aromatic carbocycles. The molecule has 126 valence electrons. The number of likely N-dealkylation sites (tertiary alicyclic amines) is 1. The molecule has 0 bridgehead atoms. The lowest BCUT2D eigenvalue weighted by Crippen LogP contribution is -2.45. The van der Waals surface area contributed by atoms with E-state index in [2.05, 4.69) is 15.5 Å². The first-order valence-electron chi connectivity index (χ1n) is 8.54. The zero-order valence-corrected chi connectivity index (χ0v) is 14.2. The number of aryl methyl sites for hydroxylation is 1. The molecule has 2 amide bonds. The number of nitrogens with one attached hydrogen (secondary N) is 2. The van der Waals surface area contributed by atoms with Gasteiger partial charge in [0.2, 0.25) is 0 Å². The lowest BCUT2D eigenvalue weighted by molar-refractivity contribution is 0.177. The van der Waals surface area contributed by atoms with E-state index in [0.717, 1.165) is 43.8 Å². The summed E-state index contributed by atoms with van der Waals surface area (Å²) in [5.74, 6) is 0.478. The van der Waals surface area contributed by atoms with Gasteiger partial charge in [-0.25, -0.2) is 4.79 Å². The van der Waals surface area contributed by atoms with E-state index in [0.29, 0.717) is 5.92 Å². The molecule has 0 saturated carbocycles. The molecule has 1 aliphatic heterocycles. The minimum atomic E-state index is 0.0471. The fourth-order valence-electron chi connectivity index (χ4n) is 3.86. The van der Waals surface area contributed by atoms with Gasteiger partial charge < -0.3 is 10.2 Å². The maximum atomic E-state index is 12.6. The highest BCUT2D eigenvalue weighted by atomic mass is 35.5. The van der Waals surface area contributed by atoms with Crippen LogP contribution in [0, 0.1) is 0 Å². The van der Waals surface area contributed by atoms with E-state index in [-0.39, 0.29) is 12.1 Å². The molecule has 5 nitrogen and oxygen atoms in total. The largest absolute Gasteiger partial charge is 0.331 e. The fourth-order valence-corrected chi connectivity index (χ4v) is 4.06. The van der Waals surface area contributed by atoms with Crippen molar-refractivity contribution in [3.05, 3.63) is 52.3 Å². The highest BCUT2D eigenvalue weighted by molar-refractivity contribution is 6.30. The summed E-state index contributed by atoms with van der Waals surface area (Å²) in [6.45, 7) is 1.57. The molecule has 1 aliphatic carbocycles. The summed E-state index contributed by atoms with van der Waals surface area (Å²) in [6.07, 6.45) is 5.67. The van der Waals surface area contributed by atoms with Crippen LogP contribution in [-0.4, -0.2) is 34.2 Å². The Labute approximate surface area is 146 Å². The van der Waals surface area contributed by atoms with Crippen molar-refractivity contribution in [2.24, 2.45) is 0 Å². The van der Waals surface area contributed by atoms with Crippen molar-refractivity contribution < 1.29 is 4.79 Å². The molecule has 0 radical (unpaired) electrons. The highest BCUT2D eigenvalue weighted by Gasteiger charge is 2.28. The number of piperidine rings is 1. The van der Waals surface area contributed by atoms with Crippen LogP contribution in [-0.2, 0) is 6.42 Å². The van der Waals surface area contributed by atoms with E-state index in [9.17, 15) is 4.79 Å². The molecule has 1 aromatic heterocycles. The van der Waals surface area contributed by atoms with E-state index < -0.39 is 0 Å². The first-order valence-corrected chi connectivity index (χ1v) is 8.91. The molecular weight excluding hydrogens is 324 g/mol. The van der Waals surface area contributed by atoms with Crippen molar-refractivity contribution in [2.75, 3.05) is 13.1 Å². The molecule has 0 unspecified atom stereocenters. The Morgan fingerprint density at radius 2 is 2.08 bits per heavy atom. The summed E-state index contributed by atoms with van der Waals surface area (Å²) in [6, 6.07) is 8.14. The van der Waals surface area contributed by atoms with Gasteiger partial charge in [0.05, 0.1) is 6.04 Å². The number of amides is 2.